The molecule has 0 bridgehead atoms. The van der Waals surface area contributed by atoms with Crippen LogP contribution < -0.4 is 0 Å². The zero-order valence-corrected chi connectivity index (χ0v) is 11.3. The van der Waals surface area contributed by atoms with Crippen molar-refractivity contribution in [3.05, 3.63) is 55.7 Å². The van der Waals surface area contributed by atoms with Crippen molar-refractivity contribution in [1.82, 2.24) is 0 Å². The van der Waals surface area contributed by atoms with Gasteiger partial charge in [0.1, 0.15) is 0 Å². The van der Waals surface area contributed by atoms with Crippen LogP contribution in [0, 0.1) is 13.8 Å². The molecule has 0 atom stereocenters. The first-order valence-electron chi connectivity index (χ1n) is 4.95. The average Bonchev–Trinajstić information content (AvgIpc) is 2.58. The van der Waals surface area contributed by atoms with E-state index in [1.165, 1.54) is 25.4 Å². The summed E-state index contributed by atoms with van der Waals surface area (Å²) in [7, 11) is 0. The zero-order chi connectivity index (χ0) is 10.8. The molecule has 0 unspecified atom stereocenters. The molecule has 0 saturated carbocycles. The Morgan fingerprint density at radius 2 is 1.93 bits per heavy atom. The first kappa shape index (κ1) is 10.9. The normalized spacial score (nSPS) is 10.6. The van der Waals surface area contributed by atoms with Crippen LogP contribution in [0.3, 0.4) is 0 Å². The highest BCUT2D eigenvalue weighted by Gasteiger charge is 2.02. The summed E-state index contributed by atoms with van der Waals surface area (Å²) in [6, 6.07) is 11.0. The van der Waals surface area contributed by atoms with Gasteiger partial charge in [-0.1, -0.05) is 23.8 Å². The minimum absolute atomic E-state index is 1.05. The second kappa shape index (κ2) is 4.50. The predicted molar refractivity (Wildman–Crippen MR) is 70.7 cm³/mol. The smallest absolute Gasteiger partial charge is 0.0701 e. The van der Waals surface area contributed by atoms with E-state index in [4.69, 9.17) is 0 Å². The Balaban J connectivity index is 2.27. The van der Waals surface area contributed by atoms with Crippen molar-refractivity contribution in [3.63, 3.8) is 0 Å². The maximum Gasteiger partial charge on any atom is 0.0701 e. The second-order valence-electron chi connectivity index (χ2n) is 3.81. The monoisotopic (exact) mass is 280 g/mol. The molecule has 0 aliphatic heterocycles. The van der Waals surface area contributed by atoms with Crippen LogP contribution in [-0.2, 0) is 6.42 Å². The van der Waals surface area contributed by atoms with Gasteiger partial charge in [0.05, 0.1) is 3.79 Å². The molecule has 2 heteroatoms. The topological polar surface area (TPSA) is 0 Å². The van der Waals surface area contributed by atoms with Crippen LogP contribution >= 0.6 is 27.3 Å². The van der Waals surface area contributed by atoms with E-state index < -0.39 is 0 Å². The van der Waals surface area contributed by atoms with E-state index >= 15 is 0 Å². The number of rotatable bonds is 2. The van der Waals surface area contributed by atoms with Crippen molar-refractivity contribution < 1.29 is 0 Å². The van der Waals surface area contributed by atoms with Gasteiger partial charge in [-0.25, -0.2) is 0 Å². The molecule has 0 N–H and O–H groups in total. The van der Waals surface area contributed by atoms with E-state index in [1.54, 1.807) is 0 Å². The molecule has 1 aromatic heterocycles. The highest BCUT2D eigenvalue weighted by molar-refractivity contribution is 9.11. The Morgan fingerprint density at radius 1 is 1.13 bits per heavy atom. The van der Waals surface area contributed by atoms with E-state index in [0.717, 1.165) is 6.42 Å². The quantitative estimate of drug-likeness (QED) is 0.747. The molecule has 0 radical (unpaired) electrons. The van der Waals surface area contributed by atoms with E-state index in [-0.39, 0.29) is 0 Å². The molecule has 78 valence electrons. The van der Waals surface area contributed by atoms with E-state index in [0.29, 0.717) is 0 Å². The summed E-state index contributed by atoms with van der Waals surface area (Å²) in [6.45, 7) is 4.32. The van der Waals surface area contributed by atoms with Crippen molar-refractivity contribution in [2.24, 2.45) is 0 Å². The second-order valence-corrected chi connectivity index (χ2v) is 6.36. The lowest BCUT2D eigenvalue weighted by molar-refractivity contribution is 1.18. The fourth-order valence-corrected chi connectivity index (χ4v) is 3.13. The molecule has 0 amide bonds. The van der Waals surface area contributed by atoms with Gasteiger partial charge >= 0.3 is 0 Å². The van der Waals surface area contributed by atoms with Crippen LogP contribution in [-0.4, -0.2) is 0 Å². The lowest BCUT2D eigenvalue weighted by Gasteiger charge is -2.05. The maximum absolute atomic E-state index is 3.50. The molecule has 0 saturated heterocycles. The van der Waals surface area contributed by atoms with Crippen LogP contribution in [0.1, 0.15) is 21.6 Å². The first-order chi connectivity index (χ1) is 7.15. The Hall–Kier alpha value is -0.600. The van der Waals surface area contributed by atoms with Crippen LogP contribution in [0.2, 0.25) is 0 Å². The van der Waals surface area contributed by atoms with Crippen molar-refractivity contribution in [1.29, 1.82) is 0 Å². The van der Waals surface area contributed by atoms with Crippen LogP contribution in [0.4, 0.5) is 0 Å². The Morgan fingerprint density at radius 3 is 2.60 bits per heavy atom. The number of aryl methyl sites for hydroxylation is 2. The molecular formula is C13H13BrS. The number of hydrogen-bond acceptors (Lipinski definition) is 1. The third-order valence-electron chi connectivity index (χ3n) is 2.50. The van der Waals surface area contributed by atoms with Crippen molar-refractivity contribution in [2.45, 2.75) is 20.3 Å². The molecule has 0 aliphatic rings. The van der Waals surface area contributed by atoms with E-state index in [2.05, 4.69) is 60.1 Å². The minimum Gasteiger partial charge on any atom is -0.133 e. The molecule has 1 heterocycles. The third kappa shape index (κ3) is 2.70. The van der Waals surface area contributed by atoms with Gasteiger partial charge in [-0.15, -0.1) is 11.3 Å². The van der Waals surface area contributed by atoms with Gasteiger partial charge in [-0.2, -0.15) is 0 Å². The van der Waals surface area contributed by atoms with Gasteiger partial charge in [0.25, 0.3) is 0 Å². The van der Waals surface area contributed by atoms with Gasteiger partial charge in [0.2, 0.25) is 0 Å². The first-order valence-corrected chi connectivity index (χ1v) is 6.56. The maximum atomic E-state index is 3.50. The molecule has 2 rings (SSSR count). The summed E-state index contributed by atoms with van der Waals surface area (Å²) in [5, 5.41) is 0. The fourth-order valence-electron chi connectivity index (χ4n) is 1.63. The summed E-state index contributed by atoms with van der Waals surface area (Å²) in [4.78, 5) is 1.41. The minimum atomic E-state index is 1.05. The summed E-state index contributed by atoms with van der Waals surface area (Å²) in [6.07, 6.45) is 1.05. The lowest BCUT2D eigenvalue weighted by Crippen LogP contribution is -1.90. The largest absolute Gasteiger partial charge is 0.133 e. The van der Waals surface area contributed by atoms with Crippen LogP contribution in [0.15, 0.2) is 34.1 Å². The number of benzene rings is 1. The fraction of sp³-hybridized carbons (Fsp3) is 0.231. The molecule has 15 heavy (non-hydrogen) atoms. The molecule has 0 nitrogen and oxygen atoms in total. The predicted octanol–water partition coefficient (Wildman–Crippen LogP) is 4.72. The molecular weight excluding hydrogens is 268 g/mol. The third-order valence-corrected chi connectivity index (χ3v) is 4.12. The Kier molecular flexibility index (Phi) is 3.27. The standard InChI is InChI=1S/C13H13BrS/c1-9-3-4-10(2)11(7-9)8-12-5-6-13(14)15-12/h3-7H,8H2,1-2H3. The lowest BCUT2D eigenvalue weighted by atomic mass is 10.0. The highest BCUT2D eigenvalue weighted by atomic mass is 79.9. The molecule has 0 spiro atoms. The number of halogens is 1. The van der Waals surface area contributed by atoms with Crippen LogP contribution in [0.25, 0.3) is 0 Å². The molecule has 0 aliphatic carbocycles. The number of thiophene rings is 1. The summed E-state index contributed by atoms with van der Waals surface area (Å²) >= 11 is 5.31. The Labute approximate surface area is 103 Å². The van der Waals surface area contributed by atoms with Gasteiger partial charge < -0.3 is 0 Å². The van der Waals surface area contributed by atoms with Gasteiger partial charge in [-0.3, -0.25) is 0 Å². The highest BCUT2D eigenvalue weighted by Crippen LogP contribution is 2.25. The summed E-state index contributed by atoms with van der Waals surface area (Å²) < 4.78 is 1.21. The van der Waals surface area contributed by atoms with Crippen LogP contribution in [0.5, 0.6) is 0 Å². The van der Waals surface area contributed by atoms with Gasteiger partial charge in [-0.05, 0) is 53.0 Å². The molecule has 0 fully saturated rings. The van der Waals surface area contributed by atoms with Gasteiger partial charge in [0.15, 0.2) is 0 Å². The van der Waals surface area contributed by atoms with Crippen molar-refractivity contribution in [3.8, 4) is 0 Å². The molecule has 1 aromatic carbocycles. The van der Waals surface area contributed by atoms with Gasteiger partial charge in [0, 0.05) is 11.3 Å². The van der Waals surface area contributed by atoms with E-state index in [9.17, 15) is 0 Å². The van der Waals surface area contributed by atoms with E-state index in [1.807, 2.05) is 11.3 Å². The number of hydrogen-bond donors (Lipinski definition) is 0. The molecule has 2 aromatic rings. The van der Waals surface area contributed by atoms with Crippen molar-refractivity contribution in [2.75, 3.05) is 0 Å². The Bertz CT molecular complexity index is 471. The SMILES string of the molecule is Cc1ccc(C)c(Cc2ccc(Br)s2)c1. The summed E-state index contributed by atoms with van der Waals surface area (Å²) in [5.74, 6) is 0. The zero-order valence-electron chi connectivity index (χ0n) is 8.88. The average molecular weight is 281 g/mol. The van der Waals surface area contributed by atoms with Crippen molar-refractivity contribution >= 4 is 27.3 Å². The summed E-state index contributed by atoms with van der Waals surface area (Å²) in [5.41, 5.74) is 4.15.